The Kier molecular flexibility index (Phi) is 6.75. The standard InChI is InChI=1S/C22H33N3O2/c1-3-24(2)20-11-9-18(10-12-20)22(27)25-15-13-19(14-16-25)23-21(26)17-7-5-4-6-8-17/h9-12,17,19H,3-8,13-16H2,1-2H3,(H,23,26). The summed E-state index contributed by atoms with van der Waals surface area (Å²) >= 11 is 0. The maximum absolute atomic E-state index is 12.8. The molecule has 2 amide bonds. The van der Waals surface area contributed by atoms with Crippen molar-refractivity contribution < 1.29 is 9.59 Å². The SMILES string of the molecule is CCN(C)c1ccc(C(=O)N2CCC(NC(=O)C3CCCCC3)CC2)cc1. The van der Waals surface area contributed by atoms with E-state index in [9.17, 15) is 9.59 Å². The quantitative estimate of drug-likeness (QED) is 0.863. The van der Waals surface area contributed by atoms with Crippen LogP contribution in [0.2, 0.25) is 0 Å². The number of carbonyl (C=O) groups excluding carboxylic acids is 2. The first-order chi connectivity index (χ1) is 13.1. The van der Waals surface area contributed by atoms with Crippen molar-refractivity contribution in [3.63, 3.8) is 0 Å². The Morgan fingerprint density at radius 2 is 1.67 bits per heavy atom. The highest BCUT2D eigenvalue weighted by Gasteiger charge is 2.27. The molecule has 3 rings (SSSR count). The summed E-state index contributed by atoms with van der Waals surface area (Å²) in [5.74, 6) is 0.533. The Balaban J connectivity index is 1.48. The molecule has 148 valence electrons. The van der Waals surface area contributed by atoms with E-state index in [1.165, 1.54) is 19.3 Å². The van der Waals surface area contributed by atoms with Gasteiger partial charge in [-0.2, -0.15) is 0 Å². The number of likely N-dealkylation sites (tertiary alicyclic amines) is 1. The molecule has 1 saturated heterocycles. The van der Waals surface area contributed by atoms with E-state index in [1.807, 2.05) is 36.2 Å². The lowest BCUT2D eigenvalue weighted by Gasteiger charge is -2.33. The van der Waals surface area contributed by atoms with E-state index in [4.69, 9.17) is 0 Å². The number of rotatable bonds is 5. The van der Waals surface area contributed by atoms with Crippen molar-refractivity contribution in [1.82, 2.24) is 10.2 Å². The highest BCUT2D eigenvalue weighted by molar-refractivity contribution is 5.94. The second-order valence-corrected chi connectivity index (χ2v) is 7.97. The molecular formula is C22H33N3O2. The molecule has 27 heavy (non-hydrogen) atoms. The van der Waals surface area contributed by atoms with Crippen LogP contribution in [0.4, 0.5) is 5.69 Å². The maximum atomic E-state index is 12.8. The molecule has 1 heterocycles. The molecule has 1 aliphatic heterocycles. The van der Waals surface area contributed by atoms with Crippen LogP contribution >= 0.6 is 0 Å². The van der Waals surface area contributed by atoms with E-state index >= 15 is 0 Å². The molecule has 1 aliphatic carbocycles. The fourth-order valence-electron chi connectivity index (χ4n) is 4.13. The summed E-state index contributed by atoms with van der Waals surface area (Å²) in [7, 11) is 2.04. The average molecular weight is 372 g/mol. The van der Waals surface area contributed by atoms with Gasteiger partial charge in [-0.1, -0.05) is 19.3 Å². The zero-order valence-electron chi connectivity index (χ0n) is 16.7. The fraction of sp³-hybridized carbons (Fsp3) is 0.636. The largest absolute Gasteiger partial charge is 0.375 e. The molecule has 1 aromatic carbocycles. The van der Waals surface area contributed by atoms with Gasteiger partial charge < -0.3 is 15.1 Å². The van der Waals surface area contributed by atoms with E-state index < -0.39 is 0 Å². The molecule has 1 N–H and O–H groups in total. The number of piperidine rings is 1. The van der Waals surface area contributed by atoms with Gasteiger partial charge in [-0.3, -0.25) is 9.59 Å². The molecule has 0 radical (unpaired) electrons. The number of nitrogens with zero attached hydrogens (tertiary/aromatic N) is 2. The van der Waals surface area contributed by atoms with Crippen LogP contribution in [0.25, 0.3) is 0 Å². The highest BCUT2D eigenvalue weighted by atomic mass is 16.2. The average Bonchev–Trinajstić information content (AvgIpc) is 2.74. The van der Waals surface area contributed by atoms with Crippen LogP contribution < -0.4 is 10.2 Å². The second-order valence-electron chi connectivity index (χ2n) is 7.97. The van der Waals surface area contributed by atoms with E-state index in [0.29, 0.717) is 13.1 Å². The minimum absolute atomic E-state index is 0.0951. The monoisotopic (exact) mass is 371 g/mol. The topological polar surface area (TPSA) is 52.7 Å². The Labute approximate surface area is 163 Å². The zero-order valence-corrected chi connectivity index (χ0v) is 16.7. The van der Waals surface area contributed by atoms with Crippen molar-refractivity contribution in [2.45, 2.75) is 57.9 Å². The first-order valence-electron chi connectivity index (χ1n) is 10.5. The van der Waals surface area contributed by atoms with Crippen molar-refractivity contribution in [3.05, 3.63) is 29.8 Å². The molecule has 5 heteroatoms. The molecule has 2 aliphatic rings. The first kappa shape index (κ1) is 19.7. The van der Waals surface area contributed by atoms with Gasteiger partial charge in [0.25, 0.3) is 5.91 Å². The zero-order chi connectivity index (χ0) is 19.2. The third-order valence-electron chi connectivity index (χ3n) is 6.13. The summed E-state index contributed by atoms with van der Waals surface area (Å²) in [6.07, 6.45) is 7.39. The number of benzene rings is 1. The summed E-state index contributed by atoms with van der Waals surface area (Å²) in [4.78, 5) is 29.2. The lowest BCUT2D eigenvalue weighted by Crippen LogP contribution is -2.48. The van der Waals surface area contributed by atoms with Gasteiger partial charge in [0.05, 0.1) is 0 Å². The molecule has 0 aromatic heterocycles. The Morgan fingerprint density at radius 3 is 2.26 bits per heavy atom. The molecular weight excluding hydrogens is 338 g/mol. The summed E-state index contributed by atoms with van der Waals surface area (Å²) in [6, 6.07) is 8.06. The van der Waals surface area contributed by atoms with Gasteiger partial charge in [0.2, 0.25) is 5.91 Å². The number of carbonyl (C=O) groups is 2. The maximum Gasteiger partial charge on any atom is 0.253 e. The van der Waals surface area contributed by atoms with Crippen LogP contribution in [0, 0.1) is 5.92 Å². The van der Waals surface area contributed by atoms with E-state index in [-0.39, 0.29) is 23.8 Å². The van der Waals surface area contributed by atoms with Gasteiger partial charge in [-0.15, -0.1) is 0 Å². The predicted octanol–water partition coefficient (Wildman–Crippen LogP) is 3.44. The smallest absolute Gasteiger partial charge is 0.253 e. The summed E-state index contributed by atoms with van der Waals surface area (Å²) in [5, 5.41) is 3.23. The third-order valence-corrected chi connectivity index (χ3v) is 6.13. The van der Waals surface area contributed by atoms with Crippen LogP contribution in [0.1, 0.15) is 62.2 Å². The fourth-order valence-corrected chi connectivity index (χ4v) is 4.13. The lowest BCUT2D eigenvalue weighted by atomic mass is 9.88. The molecule has 5 nitrogen and oxygen atoms in total. The van der Waals surface area contributed by atoms with E-state index in [0.717, 1.165) is 43.5 Å². The van der Waals surface area contributed by atoms with Gasteiger partial charge in [0.1, 0.15) is 0 Å². The number of anilines is 1. The number of amides is 2. The third kappa shape index (κ3) is 5.02. The van der Waals surface area contributed by atoms with Crippen LogP contribution in [0.5, 0.6) is 0 Å². The van der Waals surface area contributed by atoms with Gasteiger partial charge >= 0.3 is 0 Å². The minimum Gasteiger partial charge on any atom is -0.375 e. The summed E-state index contributed by atoms with van der Waals surface area (Å²) in [6.45, 7) is 4.47. The Bertz CT molecular complexity index is 629. The van der Waals surface area contributed by atoms with Gasteiger partial charge in [0, 0.05) is 49.9 Å². The second kappa shape index (κ2) is 9.25. The number of nitrogens with one attached hydrogen (secondary N) is 1. The lowest BCUT2D eigenvalue weighted by molar-refractivity contribution is -0.126. The number of hydrogen-bond donors (Lipinski definition) is 1. The predicted molar refractivity (Wildman–Crippen MR) is 109 cm³/mol. The molecule has 0 spiro atoms. The molecule has 0 bridgehead atoms. The van der Waals surface area contributed by atoms with Crippen molar-refractivity contribution in [2.24, 2.45) is 5.92 Å². The molecule has 0 atom stereocenters. The highest BCUT2D eigenvalue weighted by Crippen LogP contribution is 2.24. The Hall–Kier alpha value is -2.04. The van der Waals surface area contributed by atoms with Crippen molar-refractivity contribution in [2.75, 3.05) is 31.6 Å². The van der Waals surface area contributed by atoms with E-state index in [1.54, 1.807) is 0 Å². The molecule has 2 fully saturated rings. The van der Waals surface area contributed by atoms with Crippen LogP contribution in [0.15, 0.2) is 24.3 Å². The van der Waals surface area contributed by atoms with Gasteiger partial charge in [-0.05, 0) is 56.9 Å². The first-order valence-corrected chi connectivity index (χ1v) is 10.5. The number of hydrogen-bond acceptors (Lipinski definition) is 3. The van der Waals surface area contributed by atoms with Crippen molar-refractivity contribution >= 4 is 17.5 Å². The summed E-state index contributed by atoms with van der Waals surface area (Å²) in [5.41, 5.74) is 1.87. The van der Waals surface area contributed by atoms with Crippen molar-refractivity contribution in [3.8, 4) is 0 Å². The van der Waals surface area contributed by atoms with Gasteiger partial charge in [0.15, 0.2) is 0 Å². The minimum atomic E-state index is 0.0951. The molecule has 1 saturated carbocycles. The van der Waals surface area contributed by atoms with Crippen LogP contribution in [-0.4, -0.2) is 49.4 Å². The van der Waals surface area contributed by atoms with Crippen LogP contribution in [0.3, 0.4) is 0 Å². The van der Waals surface area contributed by atoms with E-state index in [2.05, 4.69) is 17.1 Å². The molecule has 0 unspecified atom stereocenters. The summed E-state index contributed by atoms with van der Waals surface area (Å²) < 4.78 is 0. The normalized spacial score (nSPS) is 19.0. The van der Waals surface area contributed by atoms with Crippen LogP contribution in [-0.2, 0) is 4.79 Å². The van der Waals surface area contributed by atoms with Gasteiger partial charge in [-0.25, -0.2) is 0 Å². The molecule has 1 aromatic rings. The van der Waals surface area contributed by atoms with Crippen molar-refractivity contribution in [1.29, 1.82) is 0 Å². The Morgan fingerprint density at radius 1 is 1.04 bits per heavy atom.